The normalized spacial score (nSPS) is 14.8. The average Bonchev–Trinajstić information content (AvgIpc) is 2.27. The fourth-order valence-electron chi connectivity index (χ4n) is 1.39. The van der Waals surface area contributed by atoms with Gasteiger partial charge in [0.2, 0.25) is 0 Å². The molecule has 0 saturated carbocycles. The Morgan fingerprint density at radius 3 is 2.53 bits per heavy atom. The quantitative estimate of drug-likeness (QED) is 0.808. The van der Waals surface area contributed by atoms with Gasteiger partial charge in [-0.3, -0.25) is 4.21 Å². The largest absolute Gasteiger partial charge is 0.390 e. The number of benzene rings is 1. The number of aliphatic hydroxyl groups excluding tert-OH is 1. The van der Waals surface area contributed by atoms with Crippen LogP contribution in [0.1, 0.15) is 19.4 Å². The maximum Gasteiger partial charge on any atom is 0.0888 e. The number of hydrogen-bond acceptors (Lipinski definition) is 3. The molecule has 96 valence electrons. The second-order valence-electron chi connectivity index (χ2n) is 4.27. The van der Waals surface area contributed by atoms with Crippen LogP contribution in [0.4, 0.5) is 0 Å². The van der Waals surface area contributed by atoms with Gasteiger partial charge in [-0.2, -0.15) is 0 Å². The van der Waals surface area contributed by atoms with E-state index in [9.17, 15) is 9.32 Å². The molecule has 0 aliphatic heterocycles. The van der Waals surface area contributed by atoms with Crippen LogP contribution >= 0.6 is 0 Å². The molecule has 1 N–H and O–H groups in total. The Balaban J connectivity index is 2.29. The molecule has 17 heavy (non-hydrogen) atoms. The minimum Gasteiger partial charge on any atom is -0.390 e. The van der Waals surface area contributed by atoms with Gasteiger partial charge in [0, 0.05) is 16.6 Å². The highest BCUT2D eigenvalue weighted by Gasteiger charge is 2.11. The molecule has 0 aliphatic rings. The van der Waals surface area contributed by atoms with Crippen molar-refractivity contribution in [1.82, 2.24) is 0 Å². The van der Waals surface area contributed by atoms with Crippen LogP contribution in [-0.2, 0) is 21.3 Å². The lowest BCUT2D eigenvalue weighted by Gasteiger charge is -2.13. The van der Waals surface area contributed by atoms with E-state index >= 15 is 0 Å². The maximum atomic E-state index is 11.8. The molecule has 0 heterocycles. The predicted molar refractivity (Wildman–Crippen MR) is 70.3 cm³/mol. The molecule has 1 rings (SSSR count). The highest BCUT2D eigenvalue weighted by Crippen LogP contribution is 2.04. The maximum absolute atomic E-state index is 11.8. The number of rotatable bonds is 7. The predicted octanol–water partition coefficient (Wildman–Crippen LogP) is 1.72. The summed E-state index contributed by atoms with van der Waals surface area (Å²) in [6.07, 6.45) is -0.561. The van der Waals surface area contributed by atoms with E-state index in [-0.39, 0.29) is 18.5 Å². The second kappa shape index (κ2) is 7.58. The van der Waals surface area contributed by atoms with Gasteiger partial charge in [-0.05, 0) is 19.4 Å². The topological polar surface area (TPSA) is 46.5 Å². The fraction of sp³-hybridized carbons (Fsp3) is 0.538. The molecule has 0 amide bonds. The first kappa shape index (κ1) is 14.4. The molecule has 0 bridgehead atoms. The summed E-state index contributed by atoms with van der Waals surface area (Å²) in [5, 5.41) is 9.63. The lowest BCUT2D eigenvalue weighted by molar-refractivity contribution is 0.0149. The molecule has 0 aromatic heterocycles. The molecule has 4 heteroatoms. The molecule has 0 unspecified atom stereocenters. The van der Waals surface area contributed by atoms with Crippen molar-refractivity contribution in [1.29, 1.82) is 0 Å². The van der Waals surface area contributed by atoms with Gasteiger partial charge in [-0.15, -0.1) is 0 Å². The summed E-state index contributed by atoms with van der Waals surface area (Å²) in [4.78, 5) is 0. The summed E-state index contributed by atoms with van der Waals surface area (Å²) >= 11 is 0. The highest BCUT2D eigenvalue weighted by molar-refractivity contribution is 7.84. The first-order chi connectivity index (χ1) is 8.08. The van der Waals surface area contributed by atoms with E-state index in [0.29, 0.717) is 5.75 Å². The van der Waals surface area contributed by atoms with E-state index in [2.05, 4.69) is 0 Å². The van der Waals surface area contributed by atoms with Crippen LogP contribution in [0.5, 0.6) is 0 Å². The van der Waals surface area contributed by atoms with Gasteiger partial charge in [-0.1, -0.05) is 30.3 Å². The van der Waals surface area contributed by atoms with Crippen LogP contribution in [0.15, 0.2) is 30.3 Å². The lowest BCUT2D eigenvalue weighted by Crippen LogP contribution is -2.25. The van der Waals surface area contributed by atoms with E-state index in [1.807, 2.05) is 44.2 Å². The van der Waals surface area contributed by atoms with Crippen LogP contribution in [-0.4, -0.2) is 33.9 Å². The molecular formula is C13H20O3S. The minimum atomic E-state index is -1.05. The third kappa shape index (κ3) is 6.56. The van der Waals surface area contributed by atoms with Gasteiger partial charge in [-0.25, -0.2) is 0 Å². The van der Waals surface area contributed by atoms with Crippen molar-refractivity contribution in [3.8, 4) is 0 Å². The molecule has 0 saturated heterocycles. The van der Waals surface area contributed by atoms with Crippen LogP contribution in [0.3, 0.4) is 0 Å². The SMILES string of the molecule is CC(C)OC[C@H](O)C[S@](=O)Cc1ccccc1. The zero-order chi connectivity index (χ0) is 12.7. The molecule has 0 spiro atoms. The van der Waals surface area contributed by atoms with Gasteiger partial charge in [0.05, 0.1) is 24.6 Å². The lowest BCUT2D eigenvalue weighted by atomic mass is 10.2. The molecule has 1 aromatic rings. The van der Waals surface area contributed by atoms with Crippen molar-refractivity contribution in [3.05, 3.63) is 35.9 Å². The molecule has 0 aliphatic carbocycles. The summed E-state index contributed by atoms with van der Waals surface area (Å²) in [6, 6.07) is 9.65. The monoisotopic (exact) mass is 256 g/mol. The van der Waals surface area contributed by atoms with Crippen molar-refractivity contribution in [2.45, 2.75) is 31.8 Å². The summed E-state index contributed by atoms with van der Waals surface area (Å²) < 4.78 is 17.0. The Kier molecular flexibility index (Phi) is 6.40. The van der Waals surface area contributed by atoms with Crippen molar-refractivity contribution in [2.24, 2.45) is 0 Å². The van der Waals surface area contributed by atoms with Gasteiger partial charge in [0.1, 0.15) is 0 Å². The van der Waals surface area contributed by atoms with Crippen molar-refractivity contribution in [2.75, 3.05) is 12.4 Å². The van der Waals surface area contributed by atoms with Crippen LogP contribution < -0.4 is 0 Å². The third-order valence-corrected chi connectivity index (χ3v) is 3.58. The van der Waals surface area contributed by atoms with Crippen molar-refractivity contribution in [3.63, 3.8) is 0 Å². The fourth-order valence-corrected chi connectivity index (χ4v) is 2.59. The average molecular weight is 256 g/mol. The van der Waals surface area contributed by atoms with Crippen LogP contribution in [0.25, 0.3) is 0 Å². The number of aliphatic hydroxyl groups is 1. The molecule has 0 radical (unpaired) electrons. The third-order valence-electron chi connectivity index (χ3n) is 2.17. The summed E-state index contributed by atoms with van der Waals surface area (Å²) in [6.45, 7) is 4.07. The summed E-state index contributed by atoms with van der Waals surface area (Å²) in [5.74, 6) is 0.751. The zero-order valence-corrected chi connectivity index (χ0v) is 11.2. The Morgan fingerprint density at radius 2 is 1.94 bits per heavy atom. The summed E-state index contributed by atoms with van der Waals surface area (Å²) in [5.41, 5.74) is 1.03. The molecule has 0 fully saturated rings. The molecular weight excluding hydrogens is 236 g/mol. The Hall–Kier alpha value is -0.710. The summed E-state index contributed by atoms with van der Waals surface area (Å²) in [7, 11) is -1.05. The first-order valence-electron chi connectivity index (χ1n) is 5.76. The van der Waals surface area contributed by atoms with E-state index < -0.39 is 16.9 Å². The van der Waals surface area contributed by atoms with Gasteiger partial charge in [0.25, 0.3) is 0 Å². The van der Waals surface area contributed by atoms with Gasteiger partial charge >= 0.3 is 0 Å². The molecule has 1 aromatic carbocycles. The zero-order valence-electron chi connectivity index (χ0n) is 10.3. The Morgan fingerprint density at radius 1 is 1.29 bits per heavy atom. The smallest absolute Gasteiger partial charge is 0.0888 e. The second-order valence-corrected chi connectivity index (χ2v) is 5.77. The van der Waals surface area contributed by atoms with Crippen LogP contribution in [0.2, 0.25) is 0 Å². The van der Waals surface area contributed by atoms with Crippen molar-refractivity contribution >= 4 is 10.8 Å². The van der Waals surface area contributed by atoms with E-state index in [0.717, 1.165) is 5.56 Å². The Labute approximate surface area is 105 Å². The van der Waals surface area contributed by atoms with Gasteiger partial charge < -0.3 is 9.84 Å². The Bertz CT molecular complexity index is 338. The highest BCUT2D eigenvalue weighted by atomic mass is 32.2. The molecule has 2 atom stereocenters. The minimum absolute atomic E-state index is 0.0900. The van der Waals surface area contributed by atoms with E-state index in [1.165, 1.54) is 0 Å². The first-order valence-corrected chi connectivity index (χ1v) is 7.25. The van der Waals surface area contributed by atoms with E-state index in [1.54, 1.807) is 0 Å². The number of hydrogen-bond donors (Lipinski definition) is 1. The van der Waals surface area contributed by atoms with Crippen LogP contribution in [0, 0.1) is 0 Å². The number of ether oxygens (including phenoxy) is 1. The standard InChI is InChI=1S/C13H20O3S/c1-11(2)16-8-13(14)10-17(15)9-12-6-4-3-5-7-12/h3-7,11,13-14H,8-10H2,1-2H3/t13-,17+/m0/s1. The van der Waals surface area contributed by atoms with Crippen molar-refractivity contribution < 1.29 is 14.1 Å². The molecule has 3 nitrogen and oxygen atoms in total. The van der Waals surface area contributed by atoms with Gasteiger partial charge in [0.15, 0.2) is 0 Å². The van der Waals surface area contributed by atoms with E-state index in [4.69, 9.17) is 4.74 Å².